The summed E-state index contributed by atoms with van der Waals surface area (Å²) in [5, 5.41) is 0. The van der Waals surface area contributed by atoms with Crippen molar-refractivity contribution in [1.29, 1.82) is 0 Å². The van der Waals surface area contributed by atoms with Crippen LogP contribution in [0.1, 0.15) is 98.4 Å². The summed E-state index contributed by atoms with van der Waals surface area (Å²) in [7, 11) is 0. The Morgan fingerprint density at radius 3 is 1.75 bits per heavy atom. The Hall–Kier alpha value is -0.747. The topological polar surface area (TPSA) is 0 Å². The van der Waals surface area contributed by atoms with Gasteiger partial charge < -0.3 is 24.8 Å². The van der Waals surface area contributed by atoms with Crippen molar-refractivity contribution in [2.45, 2.75) is 93.4 Å². The zero-order valence-electron chi connectivity index (χ0n) is 24.2. The van der Waals surface area contributed by atoms with Crippen LogP contribution in [0, 0.1) is 23.5 Å². The van der Waals surface area contributed by atoms with Crippen molar-refractivity contribution in [3.8, 4) is 11.1 Å². The van der Waals surface area contributed by atoms with Crippen molar-refractivity contribution < 1.29 is 49.0 Å². The molecule has 2 aromatic carbocycles. The molecule has 0 saturated heterocycles. The molecule has 0 N–H and O–H groups in total. The van der Waals surface area contributed by atoms with Crippen LogP contribution in [0.3, 0.4) is 0 Å². The molecule has 0 saturated carbocycles. The van der Waals surface area contributed by atoms with E-state index in [4.69, 9.17) is 0 Å². The van der Waals surface area contributed by atoms with Crippen molar-refractivity contribution >= 4 is 4.21 Å². The number of allylic oxidation sites excluding steroid dienone is 4. The molecule has 4 rings (SSSR count). The molecule has 0 bridgehead atoms. The van der Waals surface area contributed by atoms with Crippen LogP contribution in [-0.2, 0) is 41.5 Å². The van der Waals surface area contributed by atoms with E-state index in [1.54, 1.807) is 0 Å². The molecule has 2 aliphatic carbocycles. The fraction of sp³-hybridized carbons (Fsp3) is 0.485. The van der Waals surface area contributed by atoms with Gasteiger partial charge in [0.05, 0.1) is 0 Å². The molecule has 3 heteroatoms. The van der Waals surface area contributed by atoms with Crippen molar-refractivity contribution in [3.63, 3.8) is 0 Å². The molecule has 0 aliphatic heterocycles. The van der Waals surface area contributed by atoms with E-state index in [1.165, 1.54) is 68.8 Å². The first-order valence-electron chi connectivity index (χ1n) is 12.4. The van der Waals surface area contributed by atoms with Gasteiger partial charge in [-0.1, -0.05) is 122 Å². The summed E-state index contributed by atoms with van der Waals surface area (Å²) < 4.78 is 3.34. The maximum absolute atomic E-state index is 3.53. The van der Waals surface area contributed by atoms with E-state index in [9.17, 15) is 0 Å². The summed E-state index contributed by atoms with van der Waals surface area (Å²) in [6.45, 7) is 24.7. The van der Waals surface area contributed by atoms with Gasteiger partial charge in [0.25, 0.3) is 0 Å². The molecule has 0 heterocycles. The van der Waals surface area contributed by atoms with E-state index in [-0.39, 0.29) is 35.6 Å². The maximum Gasteiger partial charge on any atom is -1.00 e. The Morgan fingerprint density at radius 1 is 0.806 bits per heavy atom. The third kappa shape index (κ3) is 8.65. The fourth-order valence-electron chi connectivity index (χ4n) is 4.63. The molecule has 196 valence electrons. The molecule has 36 heavy (non-hydrogen) atoms. The quantitative estimate of drug-likeness (QED) is 0.348. The number of halogens is 2. The van der Waals surface area contributed by atoms with Crippen LogP contribution in [0.2, 0.25) is 0 Å². The van der Waals surface area contributed by atoms with Gasteiger partial charge in [0.2, 0.25) is 0 Å². The first-order chi connectivity index (χ1) is 15.6. The zero-order chi connectivity index (χ0) is 26.1. The Kier molecular flexibility index (Phi) is 13.1. The normalized spacial score (nSPS) is 16.0. The third-order valence-electron chi connectivity index (χ3n) is 6.60. The minimum atomic E-state index is 0. The average Bonchev–Trinajstić information content (AvgIpc) is 3.26. The van der Waals surface area contributed by atoms with Gasteiger partial charge >= 0.3 is 28.4 Å². The van der Waals surface area contributed by atoms with Gasteiger partial charge in [-0.2, -0.15) is 41.0 Å². The first-order valence-corrected chi connectivity index (χ1v) is 14.2. The maximum atomic E-state index is 3.53. The number of hydrogen-bond donors (Lipinski definition) is 0. The number of fused-ring (bicyclic) bond motifs is 3. The Bertz CT molecular complexity index is 1020. The first kappa shape index (κ1) is 35.3. The smallest absolute Gasteiger partial charge is 1.00 e. The molecule has 2 aliphatic rings. The summed E-state index contributed by atoms with van der Waals surface area (Å²) in [4.78, 5) is 0. The van der Waals surface area contributed by atoms with E-state index >= 15 is 0 Å². The second kappa shape index (κ2) is 13.4. The van der Waals surface area contributed by atoms with Crippen molar-refractivity contribution in [2.75, 3.05) is 0 Å². The largest absolute Gasteiger partial charge is 1.00 e. The standard InChI is InChI=1S/C21H25.C11H17.CH2.2ClH.Zr/c1-20(2,3)16-9-7-14-11-15-8-10-17(21(4,5)6)13-19(15)18(14)12-16;1-8-6-9(2)10(7-8)11(3,4)5;;;;/h7,9-10,12-13H,11H2,1-6H3;7-8H,1-5H3;1H2;2*1H;/q2*-1;;;;+2/p-2. The van der Waals surface area contributed by atoms with Crippen LogP contribution >= 0.6 is 0 Å². The molecular weight excluding hydrogens is 558 g/mol. The molecule has 2 aromatic rings. The van der Waals surface area contributed by atoms with Crippen molar-refractivity contribution in [2.24, 2.45) is 11.3 Å². The predicted molar refractivity (Wildman–Crippen MR) is 147 cm³/mol. The Morgan fingerprint density at radius 2 is 1.33 bits per heavy atom. The van der Waals surface area contributed by atoms with E-state index in [2.05, 4.69) is 129 Å². The van der Waals surface area contributed by atoms with E-state index in [1.807, 2.05) is 0 Å². The van der Waals surface area contributed by atoms with Gasteiger partial charge in [-0.3, -0.25) is 6.08 Å². The molecule has 0 nitrogen and oxygen atoms in total. The van der Waals surface area contributed by atoms with E-state index in [0.29, 0.717) is 11.3 Å². The van der Waals surface area contributed by atoms with Gasteiger partial charge in [0.15, 0.2) is 0 Å². The minimum Gasteiger partial charge on any atom is -1.00 e. The predicted octanol–water partition coefficient (Wildman–Crippen LogP) is 2.98. The van der Waals surface area contributed by atoms with E-state index < -0.39 is 0 Å². The fourth-order valence-corrected chi connectivity index (χ4v) is 4.63. The monoisotopic (exact) mass is 600 g/mol. The minimum absolute atomic E-state index is 0. The van der Waals surface area contributed by atoms with Gasteiger partial charge in [-0.05, 0) is 17.4 Å². The number of hydrogen-bond acceptors (Lipinski definition) is 0. The molecular formula is C33H44Cl2Zr-2. The molecule has 1 unspecified atom stereocenters. The second-order valence-electron chi connectivity index (χ2n) is 12.7. The molecule has 0 amide bonds. The summed E-state index contributed by atoms with van der Waals surface area (Å²) in [6.07, 6.45) is 6.74. The molecule has 0 radical (unpaired) electrons. The van der Waals surface area contributed by atoms with Gasteiger partial charge in [-0.15, -0.1) is 5.56 Å². The van der Waals surface area contributed by atoms with Crippen molar-refractivity contribution in [3.05, 3.63) is 82.0 Å². The Balaban J connectivity index is 0.000000701. The van der Waals surface area contributed by atoms with Crippen LogP contribution in [0.15, 0.2) is 47.6 Å². The van der Waals surface area contributed by atoms with Crippen LogP contribution < -0.4 is 24.8 Å². The van der Waals surface area contributed by atoms with E-state index in [0.717, 1.165) is 6.42 Å². The van der Waals surface area contributed by atoms with Crippen molar-refractivity contribution in [1.82, 2.24) is 0 Å². The van der Waals surface area contributed by atoms with Gasteiger partial charge in [0, 0.05) is 0 Å². The average molecular weight is 603 g/mol. The van der Waals surface area contributed by atoms with Crippen LogP contribution in [0.25, 0.3) is 11.1 Å². The second-order valence-corrected chi connectivity index (χ2v) is 12.7. The summed E-state index contributed by atoms with van der Waals surface area (Å²) >= 11 is 1.30. The molecule has 0 aromatic heterocycles. The molecule has 1 atom stereocenters. The van der Waals surface area contributed by atoms with Crippen LogP contribution in [0.4, 0.5) is 0 Å². The van der Waals surface area contributed by atoms with Gasteiger partial charge in [-0.25, -0.2) is 5.57 Å². The number of rotatable bonds is 0. The molecule has 0 spiro atoms. The van der Waals surface area contributed by atoms with Crippen LogP contribution in [-0.4, -0.2) is 4.21 Å². The SMILES string of the molecule is CC(C)(C)c1c[c-]c2c(c1)-c1cc(C(C)(C)C)ccc1C2.CC1=[C-]C(C)C=C1C(C)(C)C.[CH2]=[Zr+2].[Cl-].[Cl-]. The number of benzene rings is 2. The zero-order valence-corrected chi connectivity index (χ0v) is 28.2. The van der Waals surface area contributed by atoms with Crippen LogP contribution in [0.5, 0.6) is 0 Å². The summed E-state index contributed by atoms with van der Waals surface area (Å²) in [5.41, 5.74) is 11.9. The van der Waals surface area contributed by atoms with Gasteiger partial charge in [0.1, 0.15) is 0 Å². The third-order valence-corrected chi connectivity index (χ3v) is 6.60. The summed E-state index contributed by atoms with van der Waals surface area (Å²) in [5.74, 6) is 0.518. The molecule has 0 fully saturated rings. The Labute approximate surface area is 249 Å². The summed E-state index contributed by atoms with van der Waals surface area (Å²) in [6, 6.07) is 15.1.